The van der Waals surface area contributed by atoms with Gasteiger partial charge in [0, 0.05) is 11.1 Å². The number of benzene rings is 1. The third-order valence-corrected chi connectivity index (χ3v) is 3.62. The summed E-state index contributed by atoms with van der Waals surface area (Å²) in [6, 6.07) is 7.34. The minimum absolute atomic E-state index is 0.0456. The highest BCUT2D eigenvalue weighted by molar-refractivity contribution is 6.32. The Morgan fingerprint density at radius 1 is 1.32 bits per heavy atom. The van der Waals surface area contributed by atoms with Crippen molar-refractivity contribution in [1.29, 1.82) is 0 Å². The van der Waals surface area contributed by atoms with Crippen LogP contribution in [-0.2, 0) is 11.3 Å². The van der Waals surface area contributed by atoms with Gasteiger partial charge in [0.05, 0.1) is 25.0 Å². The second kappa shape index (κ2) is 7.75. The number of amides is 1. The molecule has 1 aromatic heterocycles. The van der Waals surface area contributed by atoms with Crippen molar-refractivity contribution in [1.82, 2.24) is 20.3 Å². The number of hydrogen-bond acceptors (Lipinski definition) is 3. The van der Waals surface area contributed by atoms with Crippen LogP contribution in [0.15, 0.2) is 42.7 Å². The Labute approximate surface area is 135 Å². The standard InChI is InChI=1S/C16H19ClN4O/c1-12(2)15(11-21-18-9-10-19-21)20-16(22)8-7-13-5-3-4-6-14(13)17/h3-10,12,15H,11H2,1-2H3,(H,20,22)/b8-7+. The Morgan fingerprint density at radius 3 is 2.64 bits per heavy atom. The quantitative estimate of drug-likeness (QED) is 0.833. The second-order valence-electron chi connectivity index (χ2n) is 5.30. The van der Waals surface area contributed by atoms with Gasteiger partial charge in [-0.1, -0.05) is 43.6 Å². The van der Waals surface area contributed by atoms with Crippen LogP contribution in [0.1, 0.15) is 19.4 Å². The van der Waals surface area contributed by atoms with Gasteiger partial charge in [-0.3, -0.25) is 4.79 Å². The largest absolute Gasteiger partial charge is 0.348 e. The molecule has 0 bridgehead atoms. The third-order valence-electron chi connectivity index (χ3n) is 3.28. The summed E-state index contributed by atoms with van der Waals surface area (Å²) in [7, 11) is 0. The summed E-state index contributed by atoms with van der Waals surface area (Å²) in [6.07, 6.45) is 6.45. The summed E-state index contributed by atoms with van der Waals surface area (Å²) in [5, 5.41) is 11.7. The highest BCUT2D eigenvalue weighted by Crippen LogP contribution is 2.16. The second-order valence-corrected chi connectivity index (χ2v) is 5.71. The molecular formula is C16H19ClN4O. The fraction of sp³-hybridized carbons (Fsp3) is 0.312. The average Bonchev–Trinajstić information content (AvgIpc) is 2.98. The molecule has 22 heavy (non-hydrogen) atoms. The van der Waals surface area contributed by atoms with Gasteiger partial charge in [0.15, 0.2) is 0 Å². The summed E-state index contributed by atoms with van der Waals surface area (Å²) < 4.78 is 0. The predicted octanol–water partition coefficient (Wildman–Crippen LogP) is 2.79. The van der Waals surface area contributed by atoms with Crippen molar-refractivity contribution in [3.8, 4) is 0 Å². The molecule has 1 amide bonds. The van der Waals surface area contributed by atoms with Crippen LogP contribution in [0.25, 0.3) is 6.08 Å². The molecule has 116 valence electrons. The molecular weight excluding hydrogens is 300 g/mol. The normalized spacial score (nSPS) is 12.7. The lowest BCUT2D eigenvalue weighted by molar-refractivity contribution is -0.117. The first-order valence-corrected chi connectivity index (χ1v) is 7.51. The topological polar surface area (TPSA) is 59.8 Å². The van der Waals surface area contributed by atoms with Crippen LogP contribution in [0.4, 0.5) is 0 Å². The summed E-state index contributed by atoms with van der Waals surface area (Å²) in [4.78, 5) is 13.7. The smallest absolute Gasteiger partial charge is 0.244 e. The number of nitrogens with one attached hydrogen (secondary N) is 1. The van der Waals surface area contributed by atoms with E-state index in [4.69, 9.17) is 11.6 Å². The molecule has 1 aromatic carbocycles. The maximum absolute atomic E-state index is 12.1. The zero-order valence-corrected chi connectivity index (χ0v) is 13.4. The number of hydrogen-bond donors (Lipinski definition) is 1. The molecule has 0 spiro atoms. The van der Waals surface area contributed by atoms with E-state index in [1.165, 1.54) is 6.08 Å². The number of carbonyl (C=O) groups excluding carboxylic acids is 1. The maximum atomic E-state index is 12.1. The lowest BCUT2D eigenvalue weighted by Gasteiger charge is -2.20. The van der Waals surface area contributed by atoms with Crippen molar-refractivity contribution in [2.75, 3.05) is 0 Å². The van der Waals surface area contributed by atoms with Crippen LogP contribution < -0.4 is 5.32 Å². The van der Waals surface area contributed by atoms with Gasteiger partial charge in [0.1, 0.15) is 0 Å². The van der Waals surface area contributed by atoms with Crippen LogP contribution in [0.2, 0.25) is 5.02 Å². The van der Waals surface area contributed by atoms with Gasteiger partial charge < -0.3 is 5.32 Å². The Morgan fingerprint density at radius 2 is 2.00 bits per heavy atom. The van der Waals surface area contributed by atoms with Gasteiger partial charge in [-0.05, 0) is 23.6 Å². The minimum atomic E-state index is -0.161. The van der Waals surface area contributed by atoms with Crippen molar-refractivity contribution < 1.29 is 4.79 Å². The molecule has 2 aromatic rings. The molecule has 0 saturated heterocycles. The van der Waals surface area contributed by atoms with E-state index in [0.717, 1.165) is 5.56 Å². The molecule has 5 nitrogen and oxygen atoms in total. The van der Waals surface area contributed by atoms with Crippen LogP contribution >= 0.6 is 11.6 Å². The van der Waals surface area contributed by atoms with Gasteiger partial charge in [0.2, 0.25) is 5.91 Å². The van der Waals surface area contributed by atoms with Crippen molar-refractivity contribution in [3.63, 3.8) is 0 Å². The van der Waals surface area contributed by atoms with Gasteiger partial charge in [-0.2, -0.15) is 15.0 Å². The summed E-state index contributed by atoms with van der Waals surface area (Å²) in [5.41, 5.74) is 0.814. The molecule has 0 saturated carbocycles. The highest BCUT2D eigenvalue weighted by Gasteiger charge is 2.16. The fourth-order valence-corrected chi connectivity index (χ4v) is 2.14. The van der Waals surface area contributed by atoms with Gasteiger partial charge >= 0.3 is 0 Å². The van der Waals surface area contributed by atoms with Crippen molar-refractivity contribution >= 4 is 23.6 Å². The summed E-state index contributed by atoms with van der Waals surface area (Å²) in [6.45, 7) is 4.63. The van der Waals surface area contributed by atoms with Gasteiger partial charge in [0.25, 0.3) is 0 Å². The number of rotatable bonds is 6. The van der Waals surface area contributed by atoms with E-state index < -0.39 is 0 Å². The highest BCUT2D eigenvalue weighted by atomic mass is 35.5. The molecule has 0 fully saturated rings. The molecule has 1 N–H and O–H groups in total. The summed E-state index contributed by atoms with van der Waals surface area (Å²) >= 11 is 6.06. The molecule has 0 aliphatic carbocycles. The fourth-order valence-electron chi connectivity index (χ4n) is 1.94. The molecule has 1 heterocycles. The lowest BCUT2D eigenvalue weighted by atomic mass is 10.0. The van der Waals surface area contributed by atoms with Crippen molar-refractivity contribution in [3.05, 3.63) is 53.3 Å². The van der Waals surface area contributed by atoms with E-state index >= 15 is 0 Å². The Bertz CT molecular complexity index is 637. The van der Waals surface area contributed by atoms with Gasteiger partial charge in [-0.25, -0.2) is 0 Å². The van der Waals surface area contributed by atoms with Crippen LogP contribution in [0.5, 0.6) is 0 Å². The summed E-state index contributed by atoms with van der Waals surface area (Å²) in [5.74, 6) is 0.106. The minimum Gasteiger partial charge on any atom is -0.348 e. The number of nitrogens with zero attached hydrogens (tertiary/aromatic N) is 3. The van der Waals surface area contributed by atoms with E-state index in [9.17, 15) is 4.79 Å². The molecule has 1 unspecified atom stereocenters. The lowest BCUT2D eigenvalue weighted by Crippen LogP contribution is -2.41. The first-order chi connectivity index (χ1) is 10.6. The van der Waals surface area contributed by atoms with Crippen molar-refractivity contribution in [2.45, 2.75) is 26.4 Å². The monoisotopic (exact) mass is 318 g/mol. The van der Waals surface area contributed by atoms with E-state index in [2.05, 4.69) is 15.5 Å². The number of carbonyl (C=O) groups is 1. The molecule has 6 heteroatoms. The van der Waals surface area contributed by atoms with Crippen LogP contribution in [0, 0.1) is 5.92 Å². The zero-order valence-electron chi connectivity index (χ0n) is 12.6. The third kappa shape index (κ3) is 4.70. The van der Waals surface area contributed by atoms with E-state index in [1.807, 2.05) is 32.0 Å². The molecule has 0 aliphatic heterocycles. The predicted molar refractivity (Wildman–Crippen MR) is 87.3 cm³/mol. The van der Waals surface area contributed by atoms with E-state index in [0.29, 0.717) is 11.6 Å². The van der Waals surface area contributed by atoms with Crippen LogP contribution in [-0.4, -0.2) is 26.9 Å². The molecule has 1 atom stereocenters. The number of halogens is 1. The van der Waals surface area contributed by atoms with Gasteiger partial charge in [-0.15, -0.1) is 0 Å². The maximum Gasteiger partial charge on any atom is 0.244 e. The SMILES string of the molecule is CC(C)C(Cn1nccn1)NC(=O)/C=C/c1ccccc1Cl. The Hall–Kier alpha value is -2.14. The Kier molecular flexibility index (Phi) is 5.72. The van der Waals surface area contributed by atoms with Crippen LogP contribution in [0.3, 0.4) is 0 Å². The van der Waals surface area contributed by atoms with Crippen molar-refractivity contribution in [2.24, 2.45) is 5.92 Å². The zero-order chi connectivity index (χ0) is 15.9. The molecule has 0 aliphatic rings. The molecule has 0 radical (unpaired) electrons. The van der Waals surface area contributed by atoms with E-state index in [1.54, 1.807) is 29.3 Å². The Balaban J connectivity index is 1.98. The first kappa shape index (κ1) is 16.2. The molecule has 2 rings (SSSR count). The first-order valence-electron chi connectivity index (χ1n) is 7.13. The van der Waals surface area contributed by atoms with E-state index in [-0.39, 0.29) is 17.9 Å². The average molecular weight is 319 g/mol. The number of aromatic nitrogens is 3.